The van der Waals surface area contributed by atoms with Crippen molar-refractivity contribution in [3.63, 3.8) is 0 Å². The van der Waals surface area contributed by atoms with E-state index < -0.39 is 5.97 Å². The molecule has 1 heterocycles. The van der Waals surface area contributed by atoms with Gasteiger partial charge in [0.2, 0.25) is 0 Å². The molecule has 1 aromatic carbocycles. The van der Waals surface area contributed by atoms with Gasteiger partial charge in [0.05, 0.1) is 5.69 Å². The second kappa shape index (κ2) is 4.88. The van der Waals surface area contributed by atoms with E-state index in [-0.39, 0.29) is 11.6 Å². The monoisotopic (exact) mass is 258 g/mol. The van der Waals surface area contributed by atoms with Gasteiger partial charge >= 0.3 is 5.97 Å². The summed E-state index contributed by atoms with van der Waals surface area (Å²) in [6, 6.07) is 6.07. The largest absolute Gasteiger partial charge is 0.476 e. The molecule has 1 aromatic heterocycles. The van der Waals surface area contributed by atoms with Crippen molar-refractivity contribution in [3.05, 3.63) is 40.7 Å². The van der Waals surface area contributed by atoms with Gasteiger partial charge < -0.3 is 10.1 Å². The lowest BCUT2D eigenvalue weighted by Gasteiger charge is -2.04. The molecule has 19 heavy (non-hydrogen) atoms. The first-order valence-corrected chi connectivity index (χ1v) is 6.31. The maximum Gasteiger partial charge on any atom is 0.356 e. The molecule has 4 heteroatoms. The summed E-state index contributed by atoms with van der Waals surface area (Å²) in [7, 11) is 0. The molecule has 0 fully saturated rings. The van der Waals surface area contributed by atoms with Gasteiger partial charge in [0.15, 0.2) is 5.69 Å². The van der Waals surface area contributed by atoms with Crippen LogP contribution in [0.4, 0.5) is 0 Å². The molecule has 0 unspecified atom stereocenters. The van der Waals surface area contributed by atoms with Crippen molar-refractivity contribution in [1.82, 2.24) is 9.97 Å². The van der Waals surface area contributed by atoms with Crippen molar-refractivity contribution in [2.45, 2.75) is 33.6 Å². The highest BCUT2D eigenvalue weighted by Gasteiger charge is 2.20. The molecule has 0 atom stereocenters. The van der Waals surface area contributed by atoms with Gasteiger partial charge in [0.25, 0.3) is 0 Å². The van der Waals surface area contributed by atoms with Crippen molar-refractivity contribution < 1.29 is 9.90 Å². The topological polar surface area (TPSA) is 66.0 Å². The summed E-state index contributed by atoms with van der Waals surface area (Å²) < 4.78 is 0. The van der Waals surface area contributed by atoms with Crippen LogP contribution in [-0.4, -0.2) is 21.0 Å². The molecule has 0 aliphatic rings. The Morgan fingerprint density at radius 3 is 2.53 bits per heavy atom. The van der Waals surface area contributed by atoms with E-state index in [1.165, 1.54) is 0 Å². The molecule has 0 bridgehead atoms. The maximum absolute atomic E-state index is 11.2. The molecule has 4 nitrogen and oxygen atoms in total. The highest BCUT2D eigenvalue weighted by molar-refractivity contribution is 5.88. The number of carbonyl (C=O) groups is 1. The number of rotatable bonds is 3. The van der Waals surface area contributed by atoms with E-state index in [0.29, 0.717) is 11.5 Å². The van der Waals surface area contributed by atoms with Crippen LogP contribution in [-0.2, 0) is 0 Å². The Bertz CT molecular complexity index is 627. The van der Waals surface area contributed by atoms with E-state index in [9.17, 15) is 9.90 Å². The van der Waals surface area contributed by atoms with E-state index in [2.05, 4.69) is 9.97 Å². The predicted molar refractivity (Wildman–Crippen MR) is 74.5 cm³/mol. The van der Waals surface area contributed by atoms with Crippen LogP contribution in [0.2, 0.25) is 0 Å². The lowest BCUT2D eigenvalue weighted by Crippen LogP contribution is -2.02. The zero-order valence-electron chi connectivity index (χ0n) is 11.6. The van der Waals surface area contributed by atoms with Gasteiger partial charge in [-0.1, -0.05) is 31.5 Å². The number of benzene rings is 1. The van der Waals surface area contributed by atoms with E-state index in [4.69, 9.17) is 0 Å². The van der Waals surface area contributed by atoms with Crippen LogP contribution in [0.15, 0.2) is 18.2 Å². The Morgan fingerprint density at radius 2 is 2.00 bits per heavy atom. The van der Waals surface area contributed by atoms with E-state index in [0.717, 1.165) is 16.7 Å². The van der Waals surface area contributed by atoms with Crippen molar-refractivity contribution in [1.29, 1.82) is 0 Å². The van der Waals surface area contributed by atoms with Gasteiger partial charge in [0, 0.05) is 5.56 Å². The summed E-state index contributed by atoms with van der Waals surface area (Å²) in [5.41, 5.74) is 3.94. The minimum Gasteiger partial charge on any atom is -0.476 e. The minimum atomic E-state index is -0.989. The standard InChI is InChI=1S/C15H18N2O2/c1-8(2)12-13(15(18)19)17-14(16-12)11-7-9(3)5-6-10(11)4/h5-8H,1-4H3,(H,16,17)(H,18,19). The molecule has 0 saturated heterocycles. The fraction of sp³-hybridized carbons (Fsp3) is 0.333. The summed E-state index contributed by atoms with van der Waals surface area (Å²) in [6.07, 6.45) is 0. The van der Waals surface area contributed by atoms with Crippen molar-refractivity contribution in [3.8, 4) is 11.4 Å². The molecule has 0 amide bonds. The fourth-order valence-electron chi connectivity index (χ4n) is 2.09. The smallest absolute Gasteiger partial charge is 0.356 e. The van der Waals surface area contributed by atoms with Gasteiger partial charge in [0.1, 0.15) is 5.82 Å². The Labute approximate surface area is 112 Å². The molecule has 0 aliphatic heterocycles. The lowest BCUT2D eigenvalue weighted by atomic mass is 10.1. The number of aromatic amines is 1. The number of carboxylic acids is 1. The number of nitrogens with one attached hydrogen (secondary N) is 1. The third kappa shape index (κ3) is 2.52. The normalized spacial score (nSPS) is 11.0. The van der Waals surface area contributed by atoms with Gasteiger partial charge in [-0.15, -0.1) is 0 Å². The van der Waals surface area contributed by atoms with Crippen LogP contribution in [0, 0.1) is 13.8 Å². The lowest BCUT2D eigenvalue weighted by molar-refractivity contribution is 0.0689. The zero-order chi connectivity index (χ0) is 14.2. The van der Waals surface area contributed by atoms with Crippen LogP contribution in [0.25, 0.3) is 11.4 Å². The first-order valence-electron chi connectivity index (χ1n) is 6.31. The molecule has 2 N–H and O–H groups in total. The number of aromatic nitrogens is 2. The molecule has 2 aromatic rings. The second-order valence-electron chi connectivity index (χ2n) is 5.13. The molecule has 0 aliphatic carbocycles. The first-order chi connectivity index (χ1) is 8.90. The second-order valence-corrected chi connectivity index (χ2v) is 5.13. The number of hydrogen-bond donors (Lipinski definition) is 2. The fourth-order valence-corrected chi connectivity index (χ4v) is 2.09. The number of aryl methyl sites for hydroxylation is 2. The van der Waals surface area contributed by atoms with Crippen LogP contribution in [0.1, 0.15) is 47.1 Å². The average molecular weight is 258 g/mol. The predicted octanol–water partition coefficient (Wildman–Crippen LogP) is 3.52. The maximum atomic E-state index is 11.2. The van der Waals surface area contributed by atoms with Crippen molar-refractivity contribution >= 4 is 5.97 Å². The Hall–Kier alpha value is -2.10. The number of H-pyrrole nitrogens is 1. The molecule has 100 valence electrons. The molecule has 0 spiro atoms. The highest BCUT2D eigenvalue weighted by Crippen LogP contribution is 2.26. The number of hydrogen-bond acceptors (Lipinski definition) is 2. The zero-order valence-corrected chi connectivity index (χ0v) is 11.6. The highest BCUT2D eigenvalue weighted by atomic mass is 16.4. The third-order valence-corrected chi connectivity index (χ3v) is 3.16. The van der Waals surface area contributed by atoms with E-state index in [1.807, 2.05) is 45.9 Å². The van der Waals surface area contributed by atoms with Crippen LogP contribution in [0.3, 0.4) is 0 Å². The van der Waals surface area contributed by atoms with Crippen LogP contribution < -0.4 is 0 Å². The first kappa shape index (κ1) is 13.3. The Kier molecular flexibility index (Phi) is 3.42. The summed E-state index contributed by atoms with van der Waals surface area (Å²) >= 11 is 0. The quantitative estimate of drug-likeness (QED) is 0.885. The number of carboxylic acid groups (broad SMARTS) is 1. The van der Waals surface area contributed by atoms with Gasteiger partial charge in [-0.3, -0.25) is 0 Å². The molecule has 0 saturated carbocycles. The number of imidazole rings is 1. The number of nitrogens with zero attached hydrogens (tertiary/aromatic N) is 1. The van der Waals surface area contributed by atoms with Gasteiger partial charge in [-0.05, 0) is 31.4 Å². The summed E-state index contributed by atoms with van der Waals surface area (Å²) in [4.78, 5) is 18.6. The molecular formula is C15H18N2O2. The molecular weight excluding hydrogens is 240 g/mol. The molecule has 2 rings (SSSR count). The third-order valence-electron chi connectivity index (χ3n) is 3.16. The van der Waals surface area contributed by atoms with E-state index >= 15 is 0 Å². The van der Waals surface area contributed by atoms with Gasteiger partial charge in [-0.2, -0.15) is 0 Å². The van der Waals surface area contributed by atoms with Crippen molar-refractivity contribution in [2.24, 2.45) is 0 Å². The van der Waals surface area contributed by atoms with Gasteiger partial charge in [-0.25, -0.2) is 9.78 Å². The van der Waals surface area contributed by atoms with Crippen LogP contribution >= 0.6 is 0 Å². The number of aromatic carboxylic acids is 1. The van der Waals surface area contributed by atoms with Crippen molar-refractivity contribution in [2.75, 3.05) is 0 Å². The Balaban J connectivity index is 2.60. The average Bonchev–Trinajstić information content (AvgIpc) is 2.77. The van der Waals surface area contributed by atoms with E-state index in [1.54, 1.807) is 0 Å². The Morgan fingerprint density at radius 1 is 1.32 bits per heavy atom. The minimum absolute atomic E-state index is 0.0949. The summed E-state index contributed by atoms with van der Waals surface area (Å²) in [5.74, 6) is -0.267. The summed E-state index contributed by atoms with van der Waals surface area (Å²) in [5, 5.41) is 9.22. The SMILES string of the molecule is Cc1ccc(C)c(-c2nc(C(=O)O)c(C(C)C)[nH]2)c1. The van der Waals surface area contributed by atoms with Crippen LogP contribution in [0.5, 0.6) is 0 Å². The molecule has 0 radical (unpaired) electrons. The summed E-state index contributed by atoms with van der Waals surface area (Å²) in [6.45, 7) is 7.90.